The van der Waals surface area contributed by atoms with Crippen LogP contribution < -0.4 is 19.5 Å². The molecular weight excluding hydrogens is 498 g/mol. The second kappa shape index (κ2) is 12.2. The van der Waals surface area contributed by atoms with Crippen molar-refractivity contribution in [2.24, 2.45) is 0 Å². The van der Waals surface area contributed by atoms with Gasteiger partial charge in [0.15, 0.2) is 0 Å². The lowest BCUT2D eigenvalue weighted by molar-refractivity contribution is -0.119. The van der Waals surface area contributed by atoms with Crippen LogP contribution in [0.25, 0.3) is 0 Å². The Morgan fingerprint density at radius 3 is 2.47 bits per heavy atom. The zero-order valence-electron chi connectivity index (χ0n) is 20.2. The van der Waals surface area contributed by atoms with Gasteiger partial charge in [0.1, 0.15) is 28.2 Å². The Morgan fingerprint density at radius 1 is 0.944 bits per heavy atom. The van der Waals surface area contributed by atoms with E-state index in [2.05, 4.69) is 12.2 Å². The van der Waals surface area contributed by atoms with Gasteiger partial charge in [0.25, 0.3) is 5.24 Å². The SMILES string of the molecule is CCCc1cc(Oc2ccc(Cl)c(C)c2)ccc1OCCCOc1cccc([C@@H]2SC(=O)NC2=O)c1. The molecule has 1 atom stereocenters. The monoisotopic (exact) mass is 525 g/mol. The van der Waals surface area contributed by atoms with Crippen LogP contribution in [0.4, 0.5) is 4.79 Å². The van der Waals surface area contributed by atoms with Gasteiger partial charge in [-0.3, -0.25) is 14.9 Å². The molecule has 3 aromatic rings. The van der Waals surface area contributed by atoms with Gasteiger partial charge in [0.05, 0.1) is 13.2 Å². The van der Waals surface area contributed by atoms with Crippen LogP contribution in [0, 0.1) is 6.92 Å². The molecule has 0 aromatic heterocycles. The van der Waals surface area contributed by atoms with Crippen molar-refractivity contribution in [3.05, 3.63) is 82.4 Å². The Kier molecular flexibility index (Phi) is 8.78. The number of carbonyl (C=O) groups excluding carboxylic acids is 2. The van der Waals surface area contributed by atoms with Gasteiger partial charge in [-0.1, -0.05) is 37.1 Å². The fraction of sp³-hybridized carbons (Fsp3) is 0.286. The molecule has 3 aromatic carbocycles. The molecule has 1 heterocycles. The molecule has 0 saturated carbocycles. The standard InChI is InChI=1S/C28H28ClNO5S/c1-3-6-19-16-23(35-22-9-11-24(29)18(2)15-22)10-12-25(19)34-14-5-13-33-21-8-4-7-20(17-21)26-27(31)30-28(32)36-26/h4,7-12,15-17,26H,3,5-6,13-14H2,1-2H3,(H,30,31,32)/t26-/m0/s1. The number of thioether (sulfide) groups is 1. The summed E-state index contributed by atoms with van der Waals surface area (Å²) >= 11 is 7.10. The van der Waals surface area contributed by atoms with E-state index in [0.717, 1.165) is 58.5 Å². The van der Waals surface area contributed by atoms with E-state index in [1.54, 1.807) is 6.07 Å². The third-order valence-electron chi connectivity index (χ3n) is 5.58. The Hall–Kier alpha value is -3.16. The number of ether oxygens (including phenoxy) is 3. The largest absolute Gasteiger partial charge is 0.493 e. The van der Waals surface area contributed by atoms with Gasteiger partial charge in [-0.15, -0.1) is 0 Å². The average Bonchev–Trinajstić information content (AvgIpc) is 3.20. The average molecular weight is 526 g/mol. The number of rotatable bonds is 11. The molecule has 0 unspecified atom stereocenters. The molecule has 188 valence electrons. The van der Waals surface area contributed by atoms with Crippen LogP contribution in [0.15, 0.2) is 60.7 Å². The number of hydrogen-bond donors (Lipinski definition) is 1. The maximum Gasteiger partial charge on any atom is 0.286 e. The van der Waals surface area contributed by atoms with Crippen molar-refractivity contribution in [2.45, 2.75) is 38.4 Å². The number of imide groups is 1. The lowest BCUT2D eigenvalue weighted by atomic mass is 10.1. The molecule has 1 aliphatic heterocycles. The van der Waals surface area contributed by atoms with E-state index in [0.29, 0.717) is 30.4 Å². The minimum absolute atomic E-state index is 0.293. The molecule has 0 radical (unpaired) electrons. The maximum absolute atomic E-state index is 11.9. The minimum atomic E-state index is -0.531. The van der Waals surface area contributed by atoms with Gasteiger partial charge >= 0.3 is 0 Å². The first-order valence-electron chi connectivity index (χ1n) is 11.9. The zero-order chi connectivity index (χ0) is 25.5. The molecule has 8 heteroatoms. The highest BCUT2D eigenvalue weighted by Gasteiger charge is 2.33. The van der Waals surface area contributed by atoms with Crippen LogP contribution in [0.1, 0.15) is 41.7 Å². The van der Waals surface area contributed by atoms with Crippen LogP contribution in [0.5, 0.6) is 23.0 Å². The lowest BCUT2D eigenvalue weighted by Gasteiger charge is -2.14. The third-order valence-corrected chi connectivity index (χ3v) is 7.04. The first-order chi connectivity index (χ1) is 17.4. The van der Waals surface area contributed by atoms with E-state index in [9.17, 15) is 9.59 Å². The Morgan fingerprint density at radius 2 is 1.72 bits per heavy atom. The number of benzene rings is 3. The molecule has 0 spiro atoms. The highest BCUT2D eigenvalue weighted by molar-refractivity contribution is 8.15. The molecule has 1 aliphatic rings. The van der Waals surface area contributed by atoms with E-state index in [4.69, 9.17) is 25.8 Å². The van der Waals surface area contributed by atoms with E-state index in [-0.39, 0.29) is 11.1 Å². The molecular formula is C28H28ClNO5S. The summed E-state index contributed by atoms with van der Waals surface area (Å²) in [6, 6.07) is 18.8. The van der Waals surface area contributed by atoms with Crippen LogP contribution >= 0.6 is 23.4 Å². The number of amides is 2. The molecule has 1 N–H and O–H groups in total. The number of aryl methyl sites for hydroxylation is 2. The third kappa shape index (κ3) is 6.74. The first-order valence-corrected chi connectivity index (χ1v) is 13.1. The lowest BCUT2D eigenvalue weighted by Crippen LogP contribution is -2.20. The van der Waals surface area contributed by atoms with Crippen molar-refractivity contribution in [3.63, 3.8) is 0 Å². The smallest absolute Gasteiger partial charge is 0.286 e. The molecule has 0 bridgehead atoms. The summed E-state index contributed by atoms with van der Waals surface area (Å²) in [6.45, 7) is 5.05. The highest BCUT2D eigenvalue weighted by Crippen LogP contribution is 2.35. The number of halogens is 1. The number of carbonyl (C=O) groups is 2. The van der Waals surface area contributed by atoms with Crippen molar-refractivity contribution < 1.29 is 23.8 Å². The van der Waals surface area contributed by atoms with E-state index in [1.807, 2.05) is 61.5 Å². The van der Waals surface area contributed by atoms with Gasteiger partial charge in [-0.25, -0.2) is 0 Å². The first kappa shape index (κ1) is 25.9. The van der Waals surface area contributed by atoms with Crippen molar-refractivity contribution >= 4 is 34.5 Å². The van der Waals surface area contributed by atoms with Gasteiger partial charge in [0, 0.05) is 11.4 Å². The van der Waals surface area contributed by atoms with Gasteiger partial charge < -0.3 is 14.2 Å². The second-order valence-electron chi connectivity index (χ2n) is 8.43. The fourth-order valence-corrected chi connectivity index (χ4v) is 4.76. The van der Waals surface area contributed by atoms with Crippen LogP contribution in [0.2, 0.25) is 5.02 Å². The predicted octanol–water partition coefficient (Wildman–Crippen LogP) is 7.27. The number of hydrogen-bond acceptors (Lipinski definition) is 6. The quantitative estimate of drug-likeness (QED) is 0.265. The van der Waals surface area contributed by atoms with Gasteiger partial charge in [-0.2, -0.15) is 0 Å². The Bertz CT molecular complexity index is 1250. The molecule has 1 fully saturated rings. The normalized spacial score (nSPS) is 15.0. The van der Waals surface area contributed by atoms with E-state index in [1.165, 1.54) is 0 Å². The summed E-state index contributed by atoms with van der Waals surface area (Å²) in [5.74, 6) is 2.70. The van der Waals surface area contributed by atoms with Crippen molar-refractivity contribution in [1.82, 2.24) is 5.32 Å². The molecule has 4 rings (SSSR count). The molecule has 36 heavy (non-hydrogen) atoms. The van der Waals surface area contributed by atoms with Crippen LogP contribution in [-0.4, -0.2) is 24.4 Å². The summed E-state index contributed by atoms with van der Waals surface area (Å²) < 4.78 is 17.9. The minimum Gasteiger partial charge on any atom is -0.493 e. The summed E-state index contributed by atoms with van der Waals surface area (Å²) in [5.41, 5.74) is 2.81. The predicted molar refractivity (Wildman–Crippen MR) is 143 cm³/mol. The van der Waals surface area contributed by atoms with Crippen molar-refractivity contribution in [2.75, 3.05) is 13.2 Å². The maximum atomic E-state index is 11.9. The molecule has 2 amide bonds. The summed E-state index contributed by atoms with van der Waals surface area (Å²) in [5, 5.41) is 2.17. The second-order valence-corrected chi connectivity index (χ2v) is 9.92. The fourth-order valence-electron chi connectivity index (χ4n) is 3.82. The van der Waals surface area contributed by atoms with Gasteiger partial charge in [-0.05, 0) is 90.3 Å². The summed E-state index contributed by atoms with van der Waals surface area (Å²) in [6.07, 6.45) is 2.56. The highest BCUT2D eigenvalue weighted by atomic mass is 35.5. The van der Waals surface area contributed by atoms with E-state index >= 15 is 0 Å². The Balaban J connectivity index is 1.29. The molecule has 1 saturated heterocycles. The molecule has 0 aliphatic carbocycles. The van der Waals surface area contributed by atoms with Crippen LogP contribution in [0.3, 0.4) is 0 Å². The van der Waals surface area contributed by atoms with Gasteiger partial charge in [0.2, 0.25) is 5.91 Å². The Labute approximate surface area is 220 Å². The van der Waals surface area contributed by atoms with Crippen LogP contribution in [-0.2, 0) is 11.2 Å². The zero-order valence-corrected chi connectivity index (χ0v) is 21.8. The summed E-state index contributed by atoms with van der Waals surface area (Å²) in [7, 11) is 0. The van der Waals surface area contributed by atoms with Crippen molar-refractivity contribution in [3.8, 4) is 23.0 Å². The molecule has 6 nitrogen and oxygen atoms in total. The van der Waals surface area contributed by atoms with Crippen molar-refractivity contribution in [1.29, 1.82) is 0 Å². The number of nitrogens with one attached hydrogen (secondary N) is 1. The van der Waals surface area contributed by atoms with E-state index < -0.39 is 5.25 Å². The topological polar surface area (TPSA) is 73.9 Å². The summed E-state index contributed by atoms with van der Waals surface area (Å²) in [4.78, 5) is 23.4.